The maximum Gasteiger partial charge on any atom is 0.330 e. The van der Waals surface area contributed by atoms with Crippen LogP contribution in [0.3, 0.4) is 0 Å². The zero-order chi connectivity index (χ0) is 22.3. The van der Waals surface area contributed by atoms with Crippen LogP contribution in [-0.4, -0.2) is 61.3 Å². The number of fused-ring (bicyclic) bond motifs is 1. The number of carbonyl (C=O) groups is 2. The zero-order valence-corrected chi connectivity index (χ0v) is 16.9. The van der Waals surface area contributed by atoms with Crippen LogP contribution in [0.2, 0.25) is 0 Å². The summed E-state index contributed by atoms with van der Waals surface area (Å²) in [7, 11) is 0. The van der Waals surface area contributed by atoms with Gasteiger partial charge < -0.3 is 14.9 Å². The van der Waals surface area contributed by atoms with Crippen molar-refractivity contribution >= 4 is 11.8 Å². The molecule has 2 aromatic rings. The van der Waals surface area contributed by atoms with Crippen LogP contribution in [0.1, 0.15) is 51.8 Å². The topological polar surface area (TPSA) is 142 Å². The highest BCUT2D eigenvalue weighted by Gasteiger charge is 2.48. The van der Waals surface area contributed by atoms with Gasteiger partial charge in [-0.25, -0.2) is 4.79 Å². The Hall–Kier alpha value is -3.08. The molecule has 10 heteroatoms. The Balaban J connectivity index is 1.45. The van der Waals surface area contributed by atoms with Crippen LogP contribution in [0.15, 0.2) is 40.1 Å². The average Bonchev–Trinajstić information content (AvgIpc) is 3.20. The number of imide groups is 1. The average molecular weight is 429 g/mol. The number of aryl methyl sites for hydroxylation is 1. The molecule has 1 fully saturated rings. The van der Waals surface area contributed by atoms with Gasteiger partial charge in [0.05, 0.1) is 23.3 Å². The Kier molecular flexibility index (Phi) is 5.38. The van der Waals surface area contributed by atoms with E-state index in [0.29, 0.717) is 16.7 Å². The predicted molar refractivity (Wildman–Crippen MR) is 108 cm³/mol. The number of aromatic amines is 1. The normalized spacial score (nSPS) is 25.3. The maximum absolute atomic E-state index is 12.5. The lowest BCUT2D eigenvalue weighted by Crippen LogP contribution is -2.41. The van der Waals surface area contributed by atoms with Gasteiger partial charge in [-0.15, -0.1) is 0 Å². The smallest absolute Gasteiger partial charge is 0.330 e. The lowest BCUT2D eigenvalue weighted by Gasteiger charge is -2.27. The number of rotatable bonds is 6. The van der Waals surface area contributed by atoms with E-state index < -0.39 is 35.8 Å². The van der Waals surface area contributed by atoms with Crippen LogP contribution >= 0.6 is 0 Å². The number of aromatic nitrogens is 2. The molecule has 4 rings (SSSR count). The van der Waals surface area contributed by atoms with E-state index in [9.17, 15) is 29.4 Å². The summed E-state index contributed by atoms with van der Waals surface area (Å²) >= 11 is 0. The van der Waals surface area contributed by atoms with E-state index in [4.69, 9.17) is 4.74 Å². The van der Waals surface area contributed by atoms with Gasteiger partial charge in [-0.3, -0.25) is 28.8 Å². The van der Waals surface area contributed by atoms with Gasteiger partial charge >= 0.3 is 5.69 Å². The van der Waals surface area contributed by atoms with Gasteiger partial charge in [-0.2, -0.15) is 0 Å². The van der Waals surface area contributed by atoms with Crippen molar-refractivity contribution in [1.82, 2.24) is 14.5 Å². The van der Waals surface area contributed by atoms with E-state index in [1.807, 2.05) is 0 Å². The molecule has 1 aromatic carbocycles. The van der Waals surface area contributed by atoms with Crippen molar-refractivity contribution in [3.63, 3.8) is 0 Å². The van der Waals surface area contributed by atoms with Gasteiger partial charge in [0.2, 0.25) is 0 Å². The number of carbonyl (C=O) groups excluding carboxylic acids is 2. The van der Waals surface area contributed by atoms with Crippen molar-refractivity contribution in [2.24, 2.45) is 0 Å². The SMILES string of the molecule is Cc1cn(C2C[C@@](O)(CCCN3C(=O)c4ccccc4C3=O)[C@@H](CO)O2)c(=O)[nH]c1=O. The molecule has 10 nitrogen and oxygen atoms in total. The fourth-order valence-corrected chi connectivity index (χ4v) is 4.22. The van der Waals surface area contributed by atoms with Gasteiger partial charge in [0.15, 0.2) is 0 Å². The second kappa shape index (κ2) is 7.88. The van der Waals surface area contributed by atoms with E-state index in [1.54, 1.807) is 31.2 Å². The number of hydrogen-bond acceptors (Lipinski definition) is 7. The number of benzene rings is 1. The molecule has 0 bridgehead atoms. The summed E-state index contributed by atoms with van der Waals surface area (Å²) in [4.78, 5) is 52.0. The lowest BCUT2D eigenvalue weighted by molar-refractivity contribution is -0.0862. The summed E-state index contributed by atoms with van der Waals surface area (Å²) < 4.78 is 6.88. The molecular formula is C21H23N3O7. The van der Waals surface area contributed by atoms with Crippen molar-refractivity contribution in [3.8, 4) is 0 Å². The molecule has 1 unspecified atom stereocenters. The molecular weight excluding hydrogens is 406 g/mol. The summed E-state index contributed by atoms with van der Waals surface area (Å²) in [5.41, 5.74) is -1.62. The van der Waals surface area contributed by atoms with Crippen LogP contribution in [-0.2, 0) is 4.74 Å². The van der Waals surface area contributed by atoms with Crippen molar-refractivity contribution < 1.29 is 24.5 Å². The molecule has 3 N–H and O–H groups in total. The van der Waals surface area contributed by atoms with E-state index in [1.165, 1.54) is 10.8 Å². The number of aliphatic hydroxyl groups is 2. The van der Waals surface area contributed by atoms with Crippen molar-refractivity contribution in [3.05, 3.63) is 68.0 Å². The Morgan fingerprint density at radius 1 is 1.16 bits per heavy atom. The summed E-state index contributed by atoms with van der Waals surface area (Å²) in [6.07, 6.45) is -0.0487. The molecule has 0 saturated carbocycles. The monoisotopic (exact) mass is 429 g/mol. The van der Waals surface area contributed by atoms with E-state index >= 15 is 0 Å². The molecule has 2 amide bonds. The minimum Gasteiger partial charge on any atom is -0.394 e. The van der Waals surface area contributed by atoms with E-state index in [0.717, 1.165) is 4.90 Å². The molecule has 3 atom stereocenters. The summed E-state index contributed by atoms with van der Waals surface area (Å²) in [6.45, 7) is 1.17. The van der Waals surface area contributed by atoms with Crippen molar-refractivity contribution in [2.75, 3.05) is 13.2 Å². The Morgan fingerprint density at radius 3 is 2.42 bits per heavy atom. The van der Waals surface area contributed by atoms with Gasteiger partial charge in [0.25, 0.3) is 17.4 Å². The van der Waals surface area contributed by atoms with Crippen LogP contribution in [0, 0.1) is 6.92 Å². The summed E-state index contributed by atoms with van der Waals surface area (Å²) in [5.74, 6) is -0.746. The molecule has 1 aromatic heterocycles. The van der Waals surface area contributed by atoms with Crippen molar-refractivity contribution in [2.45, 2.75) is 44.1 Å². The Morgan fingerprint density at radius 2 is 1.81 bits per heavy atom. The number of nitrogens with one attached hydrogen (secondary N) is 1. The fourth-order valence-electron chi connectivity index (χ4n) is 4.22. The molecule has 2 aliphatic rings. The lowest BCUT2D eigenvalue weighted by atomic mass is 9.89. The minimum atomic E-state index is -1.47. The van der Waals surface area contributed by atoms with Crippen LogP contribution < -0.4 is 11.2 Å². The number of nitrogens with zero attached hydrogens (tertiary/aromatic N) is 2. The first-order valence-corrected chi connectivity index (χ1v) is 10.0. The minimum absolute atomic E-state index is 0.00569. The van der Waals surface area contributed by atoms with Crippen LogP contribution in [0.4, 0.5) is 0 Å². The second-order valence-electron chi connectivity index (χ2n) is 7.96. The predicted octanol–water partition coefficient (Wildman–Crippen LogP) is -0.0677. The van der Waals surface area contributed by atoms with Gasteiger partial charge in [-0.05, 0) is 31.9 Å². The van der Waals surface area contributed by atoms with Gasteiger partial charge in [0.1, 0.15) is 12.3 Å². The third-order valence-electron chi connectivity index (χ3n) is 5.94. The van der Waals surface area contributed by atoms with E-state index in [2.05, 4.69) is 4.98 Å². The van der Waals surface area contributed by atoms with Crippen molar-refractivity contribution in [1.29, 1.82) is 0 Å². The number of amides is 2. The number of ether oxygens (including phenoxy) is 1. The highest BCUT2D eigenvalue weighted by atomic mass is 16.5. The molecule has 1 saturated heterocycles. The van der Waals surface area contributed by atoms with Crippen LogP contribution in [0.5, 0.6) is 0 Å². The third kappa shape index (κ3) is 3.62. The quantitative estimate of drug-likeness (QED) is 0.546. The molecule has 2 aliphatic heterocycles. The number of aliphatic hydroxyl groups excluding tert-OH is 1. The molecule has 0 aliphatic carbocycles. The summed E-state index contributed by atoms with van der Waals surface area (Å²) in [5, 5.41) is 20.8. The largest absolute Gasteiger partial charge is 0.394 e. The maximum atomic E-state index is 12.5. The molecule has 0 radical (unpaired) electrons. The fraction of sp³-hybridized carbons (Fsp3) is 0.429. The Labute approximate surface area is 176 Å². The highest BCUT2D eigenvalue weighted by molar-refractivity contribution is 6.21. The van der Waals surface area contributed by atoms with Gasteiger partial charge in [-0.1, -0.05) is 12.1 Å². The zero-order valence-electron chi connectivity index (χ0n) is 16.9. The molecule has 0 spiro atoms. The summed E-state index contributed by atoms with van der Waals surface area (Å²) in [6, 6.07) is 6.59. The van der Waals surface area contributed by atoms with Gasteiger partial charge in [0, 0.05) is 24.7 Å². The first kappa shape index (κ1) is 21.2. The first-order valence-electron chi connectivity index (χ1n) is 10.0. The third-order valence-corrected chi connectivity index (χ3v) is 5.94. The number of H-pyrrole nitrogens is 1. The second-order valence-corrected chi connectivity index (χ2v) is 7.96. The molecule has 3 heterocycles. The van der Waals surface area contributed by atoms with Crippen LogP contribution in [0.25, 0.3) is 0 Å². The molecule has 164 valence electrons. The Bertz CT molecular complexity index is 1120. The standard InChI is InChI=1S/C21H23N3O7/c1-12-10-24(20(29)22-17(12)26)16-9-21(30,15(11-25)31-16)7-4-8-23-18(27)13-5-2-3-6-14(13)19(23)28/h2-3,5-6,10,15-16,25,30H,4,7-9,11H2,1H3,(H,22,26,29)/t15-,16?,21+/m1/s1. The first-order chi connectivity index (χ1) is 14.7. The number of hydrogen-bond donors (Lipinski definition) is 3. The van der Waals surface area contributed by atoms with E-state index in [-0.39, 0.29) is 37.6 Å². The highest BCUT2D eigenvalue weighted by Crippen LogP contribution is 2.39. The molecule has 31 heavy (non-hydrogen) atoms.